The fourth-order valence-corrected chi connectivity index (χ4v) is 4.71. The molecule has 1 aliphatic rings. The highest BCUT2D eigenvalue weighted by molar-refractivity contribution is 7.89. The summed E-state index contributed by atoms with van der Waals surface area (Å²) in [6.07, 6.45) is -4.76. The van der Waals surface area contributed by atoms with Crippen LogP contribution in [0.1, 0.15) is 18.9 Å². The second-order valence-electron chi connectivity index (χ2n) is 7.08. The third kappa shape index (κ3) is 5.37. The molecule has 0 radical (unpaired) electrons. The van der Waals surface area contributed by atoms with Crippen LogP contribution in [0, 0.1) is 0 Å². The number of rotatable bonds is 6. The number of nitrogens with zero attached hydrogens (tertiary/aromatic N) is 2. The third-order valence-electron chi connectivity index (χ3n) is 5.04. The van der Waals surface area contributed by atoms with Crippen molar-refractivity contribution in [1.29, 1.82) is 0 Å². The van der Waals surface area contributed by atoms with Crippen LogP contribution in [-0.2, 0) is 21.0 Å². The van der Waals surface area contributed by atoms with Crippen molar-refractivity contribution in [3.8, 4) is 5.75 Å². The lowest BCUT2D eigenvalue weighted by molar-refractivity contribution is -0.140. The number of carbonyl (C=O) groups is 1. The van der Waals surface area contributed by atoms with E-state index in [-0.39, 0.29) is 37.0 Å². The van der Waals surface area contributed by atoms with Crippen LogP contribution in [0.2, 0.25) is 0 Å². The maximum absolute atomic E-state index is 12.8. The number of hydrogen-bond donors (Lipinski definition) is 0. The van der Waals surface area contributed by atoms with E-state index < -0.39 is 27.9 Å². The highest BCUT2D eigenvalue weighted by atomic mass is 32.2. The lowest BCUT2D eigenvalue weighted by Crippen LogP contribution is -2.53. The van der Waals surface area contributed by atoms with E-state index in [1.807, 2.05) is 13.0 Å². The molecule has 1 aliphatic heterocycles. The molecule has 1 saturated heterocycles. The van der Waals surface area contributed by atoms with Crippen molar-refractivity contribution < 1.29 is 31.1 Å². The van der Waals surface area contributed by atoms with Gasteiger partial charge in [-0.25, -0.2) is 8.42 Å². The summed E-state index contributed by atoms with van der Waals surface area (Å²) >= 11 is 0. The largest absolute Gasteiger partial charge is 0.481 e. The second-order valence-corrected chi connectivity index (χ2v) is 9.02. The number of carbonyl (C=O) groups excluding carboxylic acids is 1. The minimum atomic E-state index is -4.54. The predicted molar refractivity (Wildman–Crippen MR) is 108 cm³/mol. The summed E-state index contributed by atoms with van der Waals surface area (Å²) in [5.74, 6) is 0.351. The summed E-state index contributed by atoms with van der Waals surface area (Å²) in [6.45, 7) is 2.28. The molecule has 168 valence electrons. The Kier molecular flexibility index (Phi) is 6.90. The minimum absolute atomic E-state index is 0.0524. The lowest BCUT2D eigenvalue weighted by atomic mass is 10.2. The highest BCUT2D eigenvalue weighted by Gasteiger charge is 2.34. The molecule has 1 fully saturated rings. The van der Waals surface area contributed by atoms with Crippen molar-refractivity contribution >= 4 is 15.9 Å². The number of hydrogen-bond acceptors (Lipinski definition) is 4. The molecule has 0 aromatic heterocycles. The number of amides is 1. The summed E-state index contributed by atoms with van der Waals surface area (Å²) in [7, 11) is -3.95. The first-order valence-electron chi connectivity index (χ1n) is 9.81. The second kappa shape index (κ2) is 9.27. The number of sulfonamides is 1. The summed E-state index contributed by atoms with van der Waals surface area (Å²) < 4.78 is 70.6. The first-order valence-corrected chi connectivity index (χ1v) is 11.2. The average Bonchev–Trinajstić information content (AvgIpc) is 2.77. The van der Waals surface area contributed by atoms with E-state index in [1.165, 1.54) is 4.31 Å². The fourth-order valence-electron chi connectivity index (χ4n) is 3.29. The zero-order chi connectivity index (χ0) is 22.6. The molecule has 1 amide bonds. The number of piperazine rings is 1. The normalized spacial score (nSPS) is 16.7. The molecule has 10 heteroatoms. The van der Waals surface area contributed by atoms with Crippen LogP contribution in [0.4, 0.5) is 13.2 Å². The summed E-state index contributed by atoms with van der Waals surface area (Å²) in [5.41, 5.74) is -0.911. The Morgan fingerprint density at radius 1 is 1.00 bits per heavy atom. The molecule has 3 rings (SSSR count). The van der Waals surface area contributed by atoms with E-state index in [0.29, 0.717) is 12.2 Å². The number of alkyl halides is 3. The van der Waals surface area contributed by atoms with Crippen LogP contribution in [0.15, 0.2) is 59.5 Å². The number of halogens is 3. The molecule has 6 nitrogen and oxygen atoms in total. The van der Waals surface area contributed by atoms with Crippen molar-refractivity contribution in [3.63, 3.8) is 0 Å². The molecule has 0 bridgehead atoms. The Hall–Kier alpha value is -2.59. The van der Waals surface area contributed by atoms with E-state index in [0.717, 1.165) is 24.3 Å². The van der Waals surface area contributed by atoms with Gasteiger partial charge in [-0.3, -0.25) is 4.79 Å². The lowest BCUT2D eigenvalue weighted by Gasteiger charge is -2.35. The van der Waals surface area contributed by atoms with Gasteiger partial charge in [-0.05, 0) is 42.8 Å². The number of benzene rings is 2. The van der Waals surface area contributed by atoms with Gasteiger partial charge in [0.25, 0.3) is 5.91 Å². The van der Waals surface area contributed by atoms with Gasteiger partial charge >= 0.3 is 6.18 Å². The van der Waals surface area contributed by atoms with E-state index >= 15 is 0 Å². The van der Waals surface area contributed by atoms with E-state index in [9.17, 15) is 26.4 Å². The van der Waals surface area contributed by atoms with E-state index in [4.69, 9.17) is 4.74 Å². The zero-order valence-electron chi connectivity index (χ0n) is 16.9. The molecule has 1 unspecified atom stereocenters. The van der Waals surface area contributed by atoms with Gasteiger partial charge in [-0.2, -0.15) is 17.5 Å². The molecular weight excluding hydrogens is 433 g/mol. The molecule has 1 atom stereocenters. The van der Waals surface area contributed by atoms with Gasteiger partial charge < -0.3 is 9.64 Å². The topological polar surface area (TPSA) is 66.9 Å². The first-order chi connectivity index (χ1) is 14.6. The third-order valence-corrected chi connectivity index (χ3v) is 6.95. The predicted octanol–water partition coefficient (Wildman–Crippen LogP) is 3.40. The zero-order valence-corrected chi connectivity index (χ0v) is 17.7. The van der Waals surface area contributed by atoms with E-state index in [1.54, 1.807) is 29.2 Å². The van der Waals surface area contributed by atoms with Crippen molar-refractivity contribution in [2.45, 2.75) is 30.5 Å². The van der Waals surface area contributed by atoms with Crippen LogP contribution in [0.3, 0.4) is 0 Å². The van der Waals surface area contributed by atoms with Crippen LogP contribution in [0.25, 0.3) is 0 Å². The molecular formula is C21H23F3N2O4S. The maximum atomic E-state index is 12.8. The molecule has 31 heavy (non-hydrogen) atoms. The van der Waals surface area contributed by atoms with Gasteiger partial charge in [0, 0.05) is 26.2 Å². The average molecular weight is 456 g/mol. The molecule has 2 aromatic rings. The Morgan fingerprint density at radius 3 is 2.10 bits per heavy atom. The summed E-state index contributed by atoms with van der Waals surface area (Å²) in [4.78, 5) is 14.2. The van der Waals surface area contributed by atoms with Gasteiger partial charge in [0.05, 0.1) is 10.5 Å². The smallest absolute Gasteiger partial charge is 0.416 e. The minimum Gasteiger partial charge on any atom is -0.481 e. The van der Waals surface area contributed by atoms with Crippen molar-refractivity contribution in [3.05, 3.63) is 60.2 Å². The molecule has 2 aromatic carbocycles. The standard InChI is InChI=1S/C21H23F3N2O4S/c1-2-19(30-17-6-4-3-5-7-17)20(27)25-12-14-26(15-13-25)31(28,29)18-10-8-16(9-11-18)21(22,23)24/h3-11,19H,2,12-15H2,1H3. The van der Waals surface area contributed by atoms with Crippen LogP contribution >= 0.6 is 0 Å². The Balaban J connectivity index is 1.63. The highest BCUT2D eigenvalue weighted by Crippen LogP contribution is 2.30. The van der Waals surface area contributed by atoms with Gasteiger partial charge in [0.1, 0.15) is 5.75 Å². The van der Waals surface area contributed by atoms with Crippen molar-refractivity contribution in [1.82, 2.24) is 9.21 Å². The Morgan fingerprint density at radius 2 is 1.58 bits per heavy atom. The Labute approximate surface area is 179 Å². The van der Waals surface area contributed by atoms with Crippen molar-refractivity contribution in [2.75, 3.05) is 26.2 Å². The Bertz CT molecular complexity index is 988. The molecule has 1 heterocycles. The summed E-state index contributed by atoms with van der Waals surface area (Å²) in [6, 6.07) is 12.4. The van der Waals surface area contributed by atoms with Gasteiger partial charge in [0.15, 0.2) is 6.10 Å². The van der Waals surface area contributed by atoms with Crippen molar-refractivity contribution in [2.24, 2.45) is 0 Å². The quantitative estimate of drug-likeness (QED) is 0.668. The maximum Gasteiger partial charge on any atom is 0.416 e. The summed E-state index contributed by atoms with van der Waals surface area (Å²) in [5, 5.41) is 0. The fraction of sp³-hybridized carbons (Fsp3) is 0.381. The number of para-hydroxylation sites is 1. The van der Waals surface area contributed by atoms with Crippen LogP contribution in [0.5, 0.6) is 5.75 Å². The monoisotopic (exact) mass is 456 g/mol. The van der Waals surface area contributed by atoms with Crippen LogP contribution in [-0.4, -0.2) is 55.8 Å². The van der Waals surface area contributed by atoms with E-state index in [2.05, 4.69) is 0 Å². The molecule has 0 aliphatic carbocycles. The molecule has 0 saturated carbocycles. The first kappa shape index (κ1) is 23.1. The van der Waals surface area contributed by atoms with Crippen LogP contribution < -0.4 is 4.74 Å². The van der Waals surface area contributed by atoms with Gasteiger partial charge in [0.2, 0.25) is 10.0 Å². The molecule has 0 spiro atoms. The number of ether oxygens (including phenoxy) is 1. The molecule has 0 N–H and O–H groups in total. The SMILES string of the molecule is CCC(Oc1ccccc1)C(=O)N1CCN(S(=O)(=O)c2ccc(C(F)(F)F)cc2)CC1. The van der Waals surface area contributed by atoms with Gasteiger partial charge in [-0.1, -0.05) is 25.1 Å². The van der Waals surface area contributed by atoms with Gasteiger partial charge in [-0.15, -0.1) is 0 Å².